The molecule has 0 radical (unpaired) electrons. The summed E-state index contributed by atoms with van der Waals surface area (Å²) in [6.07, 6.45) is 9.16. The van der Waals surface area contributed by atoms with Gasteiger partial charge in [0.2, 0.25) is 0 Å². The molecule has 126 valence electrons. The lowest BCUT2D eigenvalue weighted by Gasteiger charge is -2.17. The number of pyridine rings is 1. The number of rotatable bonds is 3. The molecule has 0 aromatic carbocycles. The van der Waals surface area contributed by atoms with Crippen LogP contribution in [0, 0.1) is 10.7 Å². The van der Waals surface area contributed by atoms with Gasteiger partial charge in [-0.2, -0.15) is 0 Å². The van der Waals surface area contributed by atoms with Crippen molar-refractivity contribution in [2.24, 2.45) is 13.0 Å². The Labute approximate surface area is 144 Å². The van der Waals surface area contributed by atoms with Crippen molar-refractivity contribution in [3.8, 4) is 0 Å². The first-order valence-electron chi connectivity index (χ1n) is 7.78. The first kappa shape index (κ1) is 16.6. The highest BCUT2D eigenvalue weighted by atomic mass is 32.2. The number of hydrogen-bond donors (Lipinski definition) is 3. The van der Waals surface area contributed by atoms with Crippen molar-refractivity contribution in [3.05, 3.63) is 48.1 Å². The van der Waals surface area contributed by atoms with E-state index in [4.69, 9.17) is 4.78 Å². The summed E-state index contributed by atoms with van der Waals surface area (Å²) in [6.45, 7) is 4.23. The number of hydrogen-bond acceptors (Lipinski definition) is 3. The van der Waals surface area contributed by atoms with Gasteiger partial charge in [-0.3, -0.25) is 14.6 Å². The maximum atomic E-state index is 12.7. The summed E-state index contributed by atoms with van der Waals surface area (Å²) in [4.78, 5) is 17.5. The van der Waals surface area contributed by atoms with Crippen LogP contribution in [0.4, 0.5) is 5.69 Å². The van der Waals surface area contributed by atoms with Gasteiger partial charge in [0.15, 0.2) is 0 Å². The molecule has 6 nitrogen and oxygen atoms in total. The summed E-state index contributed by atoms with van der Waals surface area (Å²) in [7, 11) is 0.975. The second-order valence-electron chi connectivity index (χ2n) is 6.11. The smallest absolute Gasteiger partial charge is 0.272 e. The van der Waals surface area contributed by atoms with Crippen LogP contribution in [-0.2, 0) is 17.9 Å². The van der Waals surface area contributed by atoms with Gasteiger partial charge in [0, 0.05) is 42.9 Å². The molecule has 1 aliphatic rings. The minimum Gasteiger partial charge on any atom is -0.345 e. The summed E-state index contributed by atoms with van der Waals surface area (Å²) in [5.74, 6) is 0.197. The zero-order valence-electron chi connectivity index (χ0n) is 13.9. The van der Waals surface area contributed by atoms with E-state index in [-0.39, 0.29) is 11.9 Å². The molecule has 2 atom stereocenters. The molecule has 0 aliphatic carbocycles. The van der Waals surface area contributed by atoms with E-state index in [1.807, 2.05) is 25.4 Å². The third kappa shape index (κ3) is 3.18. The van der Waals surface area contributed by atoms with Gasteiger partial charge in [-0.25, -0.2) is 4.72 Å². The molecule has 3 N–H and O–H groups in total. The van der Waals surface area contributed by atoms with Gasteiger partial charge in [0.05, 0.1) is 4.90 Å². The van der Waals surface area contributed by atoms with Gasteiger partial charge in [0.25, 0.3) is 5.91 Å². The average Bonchev–Trinajstić information content (AvgIpc) is 2.79. The molecule has 0 spiro atoms. The maximum Gasteiger partial charge on any atom is 0.272 e. The first-order chi connectivity index (χ1) is 11.5. The van der Waals surface area contributed by atoms with Crippen LogP contribution in [0.5, 0.6) is 0 Å². The number of fused-ring (bicyclic) bond motifs is 1. The second-order valence-corrected chi connectivity index (χ2v) is 7.40. The number of aromatic nitrogens is 2. The van der Waals surface area contributed by atoms with Crippen molar-refractivity contribution in [2.75, 3.05) is 5.32 Å². The van der Waals surface area contributed by atoms with Gasteiger partial charge in [-0.15, -0.1) is 0 Å². The summed E-state index contributed by atoms with van der Waals surface area (Å²) in [5, 5.41) is 2.89. The summed E-state index contributed by atoms with van der Waals surface area (Å²) >= 11 is 0. The lowest BCUT2D eigenvalue weighted by atomic mass is 10.0. The van der Waals surface area contributed by atoms with Crippen molar-refractivity contribution in [1.29, 1.82) is 4.78 Å². The van der Waals surface area contributed by atoms with Crippen LogP contribution in [0.25, 0.3) is 6.08 Å². The molecule has 7 heteroatoms. The number of nitrogens with zero attached hydrogens (tertiary/aromatic N) is 2. The van der Waals surface area contributed by atoms with Crippen molar-refractivity contribution in [1.82, 2.24) is 14.3 Å². The van der Waals surface area contributed by atoms with E-state index in [0.29, 0.717) is 17.3 Å². The quantitative estimate of drug-likeness (QED) is 0.801. The third-order valence-electron chi connectivity index (χ3n) is 4.00. The highest BCUT2D eigenvalue weighted by Gasteiger charge is 2.24. The van der Waals surface area contributed by atoms with Crippen LogP contribution in [0.1, 0.15) is 29.9 Å². The number of nitrogens with one attached hydrogen (secondary N) is 3. The van der Waals surface area contributed by atoms with Gasteiger partial charge in [0.1, 0.15) is 5.69 Å². The van der Waals surface area contributed by atoms with Crippen LogP contribution in [0.2, 0.25) is 0 Å². The molecule has 0 bridgehead atoms. The Bertz CT molecular complexity index is 810. The molecular weight excluding hydrogens is 322 g/mol. The molecule has 2 aromatic rings. The van der Waals surface area contributed by atoms with E-state index < -0.39 is 10.9 Å². The number of aryl methyl sites for hydroxylation is 1. The predicted octanol–water partition coefficient (Wildman–Crippen LogP) is 2.97. The van der Waals surface area contributed by atoms with Gasteiger partial charge < -0.3 is 9.88 Å². The van der Waals surface area contributed by atoms with E-state index in [1.54, 1.807) is 29.1 Å². The fraction of sp³-hybridized carbons (Fsp3) is 0.294. The lowest BCUT2D eigenvalue weighted by Crippen LogP contribution is -2.32. The van der Waals surface area contributed by atoms with E-state index >= 15 is 0 Å². The van der Waals surface area contributed by atoms with Crippen LogP contribution < -0.4 is 10.0 Å². The summed E-state index contributed by atoms with van der Waals surface area (Å²) in [6, 6.07) is 3.63. The Kier molecular flexibility index (Phi) is 4.64. The SMILES string of the molecule is CC(C)C1C=Cc2c(cn(C)c2C(=O)Nc2ccncc2)S(=N)N1. The molecule has 1 amide bonds. The summed E-state index contributed by atoms with van der Waals surface area (Å²) in [5.41, 5.74) is 2.08. The van der Waals surface area contributed by atoms with Gasteiger partial charge >= 0.3 is 0 Å². The van der Waals surface area contributed by atoms with E-state index in [1.165, 1.54) is 0 Å². The van der Waals surface area contributed by atoms with Gasteiger partial charge in [-0.05, 0) is 28.9 Å². The molecule has 0 saturated carbocycles. The minimum atomic E-state index is -0.859. The molecule has 3 heterocycles. The molecule has 2 unspecified atom stereocenters. The Morgan fingerprint density at radius 3 is 2.79 bits per heavy atom. The van der Waals surface area contributed by atoms with Crippen molar-refractivity contribution in [2.45, 2.75) is 24.8 Å². The Balaban J connectivity index is 1.97. The molecule has 3 rings (SSSR count). The highest BCUT2D eigenvalue weighted by Crippen LogP contribution is 2.26. The molecule has 0 saturated heterocycles. The maximum absolute atomic E-state index is 12.7. The predicted molar refractivity (Wildman–Crippen MR) is 96.7 cm³/mol. The van der Waals surface area contributed by atoms with Crippen molar-refractivity contribution in [3.63, 3.8) is 0 Å². The standard InChI is InChI=1S/C17H21N5OS/c1-11(2)14-5-4-13-15(24(18)21-14)10-22(3)16(13)17(23)20-12-6-8-19-9-7-12/h4-11,14H,1-3H3,(H2,18,21)(H,19,20,23). The largest absolute Gasteiger partial charge is 0.345 e. The average molecular weight is 343 g/mol. The van der Waals surface area contributed by atoms with Crippen molar-refractivity contribution < 1.29 is 4.79 Å². The first-order valence-corrected chi connectivity index (χ1v) is 9.00. The summed E-state index contributed by atoms with van der Waals surface area (Å²) < 4.78 is 13.5. The number of carbonyl (C=O) groups excluding carboxylic acids is 1. The molecular formula is C17H21N5OS. The fourth-order valence-electron chi connectivity index (χ4n) is 2.65. The van der Waals surface area contributed by atoms with Crippen LogP contribution >= 0.6 is 0 Å². The molecule has 1 aliphatic heterocycles. The zero-order chi connectivity index (χ0) is 17.3. The van der Waals surface area contributed by atoms with Crippen LogP contribution in [-0.4, -0.2) is 21.5 Å². The Morgan fingerprint density at radius 1 is 1.42 bits per heavy atom. The third-order valence-corrected chi connectivity index (χ3v) is 5.27. The topological polar surface area (TPSA) is 82.8 Å². The zero-order valence-corrected chi connectivity index (χ0v) is 14.7. The van der Waals surface area contributed by atoms with Crippen LogP contribution in [0.15, 0.2) is 41.7 Å². The molecule has 2 aromatic heterocycles. The number of amides is 1. The second kappa shape index (κ2) is 6.70. The van der Waals surface area contributed by atoms with E-state index in [2.05, 4.69) is 28.9 Å². The lowest BCUT2D eigenvalue weighted by molar-refractivity contribution is 0.101. The van der Waals surface area contributed by atoms with Gasteiger partial charge in [-0.1, -0.05) is 26.0 Å². The van der Waals surface area contributed by atoms with Crippen molar-refractivity contribution >= 4 is 28.5 Å². The van der Waals surface area contributed by atoms with E-state index in [0.717, 1.165) is 10.5 Å². The number of anilines is 1. The highest BCUT2D eigenvalue weighted by molar-refractivity contribution is 7.84. The van der Waals surface area contributed by atoms with E-state index in [9.17, 15) is 4.79 Å². The molecule has 24 heavy (non-hydrogen) atoms. The number of carbonyl (C=O) groups is 1. The fourth-order valence-corrected chi connectivity index (χ4v) is 4.04. The Hall–Kier alpha value is -2.25. The molecule has 0 fully saturated rings. The normalized spacial score (nSPS) is 19.8. The monoisotopic (exact) mass is 343 g/mol. The Morgan fingerprint density at radius 2 is 2.12 bits per heavy atom. The van der Waals surface area contributed by atoms with Crippen LogP contribution in [0.3, 0.4) is 0 Å². The minimum absolute atomic E-state index is 0.125.